The zero-order chi connectivity index (χ0) is 17.2. The van der Waals surface area contributed by atoms with Gasteiger partial charge in [-0.3, -0.25) is 9.69 Å². The zero-order valence-corrected chi connectivity index (χ0v) is 15.1. The van der Waals surface area contributed by atoms with Crippen molar-refractivity contribution in [3.05, 3.63) is 35.9 Å². The summed E-state index contributed by atoms with van der Waals surface area (Å²) in [6.45, 7) is 8.01. The number of nitrogens with zero attached hydrogens (tertiary/aromatic N) is 2. The van der Waals surface area contributed by atoms with E-state index < -0.39 is 0 Å². The van der Waals surface area contributed by atoms with E-state index in [1.807, 2.05) is 0 Å². The monoisotopic (exact) mass is 329 g/mol. The van der Waals surface area contributed by atoms with Gasteiger partial charge < -0.3 is 10.6 Å². The molecular weight excluding hydrogens is 298 g/mol. The molecule has 0 spiro atoms. The van der Waals surface area contributed by atoms with Crippen molar-refractivity contribution >= 4 is 5.91 Å². The molecule has 3 rings (SSSR count). The topological polar surface area (TPSA) is 49.6 Å². The molecule has 1 saturated carbocycles. The lowest BCUT2D eigenvalue weighted by Crippen LogP contribution is -2.60. The number of piperazine rings is 1. The maximum atomic E-state index is 12.7. The first kappa shape index (κ1) is 17.4. The van der Waals surface area contributed by atoms with Crippen LogP contribution < -0.4 is 5.73 Å². The molecule has 2 aliphatic rings. The fourth-order valence-electron chi connectivity index (χ4n) is 4.17. The van der Waals surface area contributed by atoms with Gasteiger partial charge in [0.2, 0.25) is 5.91 Å². The van der Waals surface area contributed by atoms with Crippen LogP contribution in [0.15, 0.2) is 30.3 Å². The maximum absolute atomic E-state index is 12.7. The first-order valence-electron chi connectivity index (χ1n) is 9.28. The molecule has 1 aromatic rings. The molecule has 2 N–H and O–H groups in total. The number of amides is 1. The Hall–Kier alpha value is -1.39. The molecule has 2 atom stereocenters. The molecule has 0 radical (unpaired) electrons. The van der Waals surface area contributed by atoms with Crippen molar-refractivity contribution in [2.45, 2.75) is 57.7 Å². The first-order chi connectivity index (χ1) is 11.5. The Balaban J connectivity index is 1.57. The van der Waals surface area contributed by atoms with Crippen LogP contribution in [0.2, 0.25) is 0 Å². The minimum atomic E-state index is 0.00153. The molecule has 24 heavy (non-hydrogen) atoms. The Morgan fingerprint density at radius 3 is 2.58 bits per heavy atom. The molecular formula is C20H31N3O. The molecule has 132 valence electrons. The third-order valence-corrected chi connectivity index (χ3v) is 5.80. The largest absolute Gasteiger partial charge is 0.340 e. The maximum Gasteiger partial charge on any atom is 0.223 e. The van der Waals surface area contributed by atoms with Crippen molar-refractivity contribution in [1.29, 1.82) is 0 Å². The van der Waals surface area contributed by atoms with Gasteiger partial charge in [-0.2, -0.15) is 0 Å². The summed E-state index contributed by atoms with van der Waals surface area (Å²) in [6, 6.07) is 10.8. The molecule has 1 aliphatic heterocycles. The highest BCUT2D eigenvalue weighted by Gasteiger charge is 2.36. The van der Waals surface area contributed by atoms with Crippen LogP contribution in [-0.4, -0.2) is 46.9 Å². The summed E-state index contributed by atoms with van der Waals surface area (Å²) < 4.78 is 0. The average molecular weight is 329 g/mol. The van der Waals surface area contributed by atoms with Crippen LogP contribution in [0.5, 0.6) is 0 Å². The number of hydrogen-bond donors (Lipinski definition) is 1. The second-order valence-electron chi connectivity index (χ2n) is 8.09. The minimum absolute atomic E-state index is 0.00153. The van der Waals surface area contributed by atoms with Crippen molar-refractivity contribution in [2.24, 2.45) is 11.7 Å². The number of carbonyl (C=O) groups is 1. The van der Waals surface area contributed by atoms with Crippen LogP contribution >= 0.6 is 0 Å². The molecule has 4 heteroatoms. The lowest BCUT2D eigenvalue weighted by atomic mass is 9.95. The van der Waals surface area contributed by atoms with Crippen molar-refractivity contribution in [1.82, 2.24) is 9.80 Å². The lowest BCUT2D eigenvalue weighted by molar-refractivity contribution is -0.137. The van der Waals surface area contributed by atoms with Crippen LogP contribution in [0.4, 0.5) is 0 Å². The van der Waals surface area contributed by atoms with Gasteiger partial charge in [-0.15, -0.1) is 0 Å². The third kappa shape index (κ3) is 3.98. The van der Waals surface area contributed by atoms with Crippen molar-refractivity contribution in [3.8, 4) is 0 Å². The number of benzene rings is 1. The van der Waals surface area contributed by atoms with E-state index in [-0.39, 0.29) is 11.6 Å². The van der Waals surface area contributed by atoms with E-state index in [9.17, 15) is 4.79 Å². The molecule has 1 heterocycles. The van der Waals surface area contributed by atoms with Gasteiger partial charge in [0.15, 0.2) is 0 Å². The summed E-state index contributed by atoms with van der Waals surface area (Å²) in [5.74, 6) is 0.688. The van der Waals surface area contributed by atoms with Crippen LogP contribution in [0.1, 0.15) is 45.1 Å². The van der Waals surface area contributed by atoms with Crippen LogP contribution in [0.25, 0.3) is 0 Å². The summed E-state index contributed by atoms with van der Waals surface area (Å²) in [6.07, 6.45) is 4.00. The summed E-state index contributed by atoms with van der Waals surface area (Å²) in [5.41, 5.74) is 7.48. The van der Waals surface area contributed by atoms with E-state index in [4.69, 9.17) is 5.73 Å². The van der Waals surface area contributed by atoms with Crippen LogP contribution in [0.3, 0.4) is 0 Å². The number of hydrogen-bond acceptors (Lipinski definition) is 3. The number of rotatable bonds is 4. The molecule has 1 aromatic carbocycles. The molecule has 0 aromatic heterocycles. The predicted molar refractivity (Wildman–Crippen MR) is 97.4 cm³/mol. The van der Waals surface area contributed by atoms with E-state index in [2.05, 4.69) is 54.0 Å². The Morgan fingerprint density at radius 1 is 1.21 bits per heavy atom. The Labute approximate surface area is 146 Å². The van der Waals surface area contributed by atoms with Gasteiger partial charge in [0.05, 0.1) is 0 Å². The second kappa shape index (κ2) is 7.24. The van der Waals surface area contributed by atoms with Crippen LogP contribution in [-0.2, 0) is 11.3 Å². The number of nitrogens with two attached hydrogens (primary N) is 1. The Kier molecular flexibility index (Phi) is 5.26. The quantitative estimate of drug-likeness (QED) is 0.924. The molecule has 1 amide bonds. The highest BCUT2D eigenvalue weighted by Crippen LogP contribution is 2.29. The molecule has 1 saturated heterocycles. The Bertz CT molecular complexity index is 557. The first-order valence-corrected chi connectivity index (χ1v) is 9.28. The normalized spacial score (nSPS) is 27.4. The van der Waals surface area contributed by atoms with E-state index in [0.29, 0.717) is 18.2 Å². The van der Waals surface area contributed by atoms with Gasteiger partial charge in [0.25, 0.3) is 0 Å². The number of carbonyl (C=O) groups excluding carboxylic acids is 1. The summed E-state index contributed by atoms with van der Waals surface area (Å²) in [4.78, 5) is 17.3. The summed E-state index contributed by atoms with van der Waals surface area (Å²) in [5, 5.41) is 0. The zero-order valence-electron chi connectivity index (χ0n) is 15.1. The molecule has 0 unspecified atom stereocenters. The average Bonchev–Trinajstić information content (AvgIpc) is 2.95. The molecule has 0 bridgehead atoms. The minimum Gasteiger partial charge on any atom is -0.340 e. The van der Waals surface area contributed by atoms with Crippen molar-refractivity contribution < 1.29 is 4.79 Å². The van der Waals surface area contributed by atoms with Gasteiger partial charge in [0, 0.05) is 44.2 Å². The van der Waals surface area contributed by atoms with Gasteiger partial charge >= 0.3 is 0 Å². The van der Waals surface area contributed by atoms with E-state index >= 15 is 0 Å². The molecule has 1 aliphatic carbocycles. The Morgan fingerprint density at radius 2 is 1.96 bits per heavy atom. The standard InChI is InChI=1S/C20H31N3O/c1-20(2)15-22(19(24)13-17-9-6-10-18(17)21)11-12-23(20)14-16-7-4-3-5-8-16/h3-5,7-8,17-18H,6,9-15,21H2,1-2H3/t17-,18+/m0/s1. The second-order valence-corrected chi connectivity index (χ2v) is 8.09. The van der Waals surface area contributed by atoms with Crippen molar-refractivity contribution in [2.75, 3.05) is 19.6 Å². The van der Waals surface area contributed by atoms with Gasteiger partial charge in [-0.1, -0.05) is 36.8 Å². The van der Waals surface area contributed by atoms with Gasteiger partial charge in [-0.25, -0.2) is 0 Å². The summed E-state index contributed by atoms with van der Waals surface area (Å²) in [7, 11) is 0. The van der Waals surface area contributed by atoms with E-state index in [1.54, 1.807) is 0 Å². The smallest absolute Gasteiger partial charge is 0.223 e. The van der Waals surface area contributed by atoms with E-state index in [1.165, 1.54) is 12.0 Å². The summed E-state index contributed by atoms with van der Waals surface area (Å²) >= 11 is 0. The van der Waals surface area contributed by atoms with Gasteiger partial charge in [-0.05, 0) is 38.2 Å². The van der Waals surface area contributed by atoms with E-state index in [0.717, 1.165) is 39.0 Å². The lowest BCUT2D eigenvalue weighted by Gasteiger charge is -2.47. The van der Waals surface area contributed by atoms with Gasteiger partial charge in [0.1, 0.15) is 0 Å². The predicted octanol–water partition coefficient (Wildman–Crippen LogP) is 2.63. The SMILES string of the molecule is CC1(C)CN(C(=O)C[C@@H]2CCC[C@H]2N)CCN1Cc1ccccc1. The van der Waals surface area contributed by atoms with Crippen LogP contribution in [0, 0.1) is 5.92 Å². The van der Waals surface area contributed by atoms with Crippen molar-refractivity contribution in [3.63, 3.8) is 0 Å². The molecule has 2 fully saturated rings. The highest BCUT2D eigenvalue weighted by atomic mass is 16.2. The fourth-order valence-corrected chi connectivity index (χ4v) is 4.17. The highest BCUT2D eigenvalue weighted by molar-refractivity contribution is 5.76. The molecule has 4 nitrogen and oxygen atoms in total. The fraction of sp³-hybridized carbons (Fsp3) is 0.650. The third-order valence-electron chi connectivity index (χ3n) is 5.80.